The number of hydrogen-bond acceptors (Lipinski definition) is 2. The monoisotopic (exact) mass is 266 g/mol. The predicted octanol–water partition coefficient (Wildman–Crippen LogP) is 3.71. The van der Waals surface area contributed by atoms with E-state index in [4.69, 9.17) is 0 Å². The van der Waals surface area contributed by atoms with Gasteiger partial charge in [-0.1, -0.05) is 39.0 Å². The summed E-state index contributed by atoms with van der Waals surface area (Å²) in [6.07, 6.45) is 12.8. The first-order valence-electron chi connectivity index (χ1n) is 8.71. The van der Waals surface area contributed by atoms with Crippen LogP contribution in [0, 0.1) is 11.8 Å². The van der Waals surface area contributed by atoms with Crippen LogP contribution in [0.25, 0.3) is 0 Å². The topological polar surface area (TPSA) is 24.1 Å². The van der Waals surface area contributed by atoms with Gasteiger partial charge in [0.05, 0.1) is 0 Å². The van der Waals surface area contributed by atoms with E-state index < -0.39 is 0 Å². The molecule has 2 unspecified atom stereocenters. The van der Waals surface area contributed by atoms with Gasteiger partial charge in [-0.15, -0.1) is 0 Å². The highest BCUT2D eigenvalue weighted by molar-refractivity contribution is 4.77. The second-order valence-corrected chi connectivity index (χ2v) is 7.15. The zero-order valence-corrected chi connectivity index (χ0v) is 13.1. The molecule has 19 heavy (non-hydrogen) atoms. The van der Waals surface area contributed by atoms with Crippen molar-refractivity contribution in [2.75, 3.05) is 13.1 Å². The summed E-state index contributed by atoms with van der Waals surface area (Å²) in [7, 11) is 0. The molecule has 0 aromatic rings. The minimum atomic E-state index is 0.679. The largest absolute Gasteiger partial charge is 0.314 e. The lowest BCUT2D eigenvalue weighted by atomic mass is 9.81. The zero-order valence-electron chi connectivity index (χ0n) is 13.1. The molecule has 1 aliphatic carbocycles. The van der Waals surface area contributed by atoms with E-state index in [1.165, 1.54) is 70.9 Å². The average Bonchev–Trinajstić information content (AvgIpc) is 2.42. The Morgan fingerprint density at radius 2 is 1.89 bits per heavy atom. The summed E-state index contributed by atoms with van der Waals surface area (Å²) < 4.78 is 0. The van der Waals surface area contributed by atoms with Crippen molar-refractivity contribution < 1.29 is 0 Å². The third-order valence-electron chi connectivity index (χ3n) is 5.23. The van der Waals surface area contributed by atoms with Crippen molar-refractivity contribution in [3.63, 3.8) is 0 Å². The van der Waals surface area contributed by atoms with Crippen molar-refractivity contribution in [3.05, 3.63) is 0 Å². The van der Waals surface area contributed by atoms with Gasteiger partial charge in [-0.3, -0.25) is 0 Å². The van der Waals surface area contributed by atoms with Gasteiger partial charge in [0, 0.05) is 12.1 Å². The molecule has 112 valence electrons. The maximum Gasteiger partial charge on any atom is 0.00817 e. The fraction of sp³-hybridized carbons (Fsp3) is 1.00. The SMILES string of the molecule is CC1CCC(CCNC(C)CC2CCCCN2)CC1. The van der Waals surface area contributed by atoms with Gasteiger partial charge in [-0.2, -0.15) is 0 Å². The Hall–Kier alpha value is -0.0800. The summed E-state index contributed by atoms with van der Waals surface area (Å²) in [4.78, 5) is 0. The lowest BCUT2D eigenvalue weighted by Gasteiger charge is -2.28. The first-order valence-corrected chi connectivity index (χ1v) is 8.71. The fourth-order valence-corrected chi connectivity index (χ4v) is 3.79. The molecule has 1 saturated carbocycles. The van der Waals surface area contributed by atoms with Crippen LogP contribution in [0.4, 0.5) is 0 Å². The molecule has 2 rings (SSSR count). The Labute approximate surface area is 120 Å². The fourth-order valence-electron chi connectivity index (χ4n) is 3.79. The first kappa shape index (κ1) is 15.3. The minimum absolute atomic E-state index is 0.679. The Morgan fingerprint density at radius 3 is 2.58 bits per heavy atom. The molecular formula is C17H34N2. The van der Waals surface area contributed by atoms with E-state index in [0.29, 0.717) is 6.04 Å². The minimum Gasteiger partial charge on any atom is -0.314 e. The highest BCUT2D eigenvalue weighted by Gasteiger charge is 2.19. The van der Waals surface area contributed by atoms with Crippen LogP contribution in [0.1, 0.15) is 71.6 Å². The number of rotatable bonds is 6. The molecule has 2 fully saturated rings. The van der Waals surface area contributed by atoms with Crippen LogP contribution in [-0.4, -0.2) is 25.2 Å². The van der Waals surface area contributed by atoms with E-state index >= 15 is 0 Å². The quantitative estimate of drug-likeness (QED) is 0.766. The van der Waals surface area contributed by atoms with Crippen molar-refractivity contribution in [3.8, 4) is 0 Å². The lowest BCUT2D eigenvalue weighted by Crippen LogP contribution is -2.40. The van der Waals surface area contributed by atoms with Crippen LogP contribution in [0.15, 0.2) is 0 Å². The Morgan fingerprint density at radius 1 is 1.11 bits per heavy atom. The summed E-state index contributed by atoms with van der Waals surface area (Å²) >= 11 is 0. The van der Waals surface area contributed by atoms with Gasteiger partial charge in [0.25, 0.3) is 0 Å². The molecule has 0 aromatic heterocycles. The molecule has 1 aliphatic heterocycles. The Balaban J connectivity index is 1.52. The second kappa shape index (κ2) is 8.26. The standard InChI is InChI=1S/C17H34N2/c1-14-6-8-16(9-7-14)10-12-18-15(2)13-17-5-3-4-11-19-17/h14-19H,3-13H2,1-2H3. The molecule has 0 bridgehead atoms. The summed E-state index contributed by atoms with van der Waals surface area (Å²) in [5, 5.41) is 7.40. The van der Waals surface area contributed by atoms with E-state index in [9.17, 15) is 0 Å². The number of hydrogen-bond donors (Lipinski definition) is 2. The van der Waals surface area contributed by atoms with Crippen molar-refractivity contribution in [2.45, 2.75) is 83.7 Å². The third-order valence-corrected chi connectivity index (χ3v) is 5.23. The average molecular weight is 266 g/mol. The van der Waals surface area contributed by atoms with Crippen molar-refractivity contribution >= 4 is 0 Å². The molecule has 2 N–H and O–H groups in total. The smallest absolute Gasteiger partial charge is 0.00817 e. The Kier molecular flexibility index (Phi) is 6.66. The lowest BCUT2D eigenvalue weighted by molar-refractivity contribution is 0.269. The molecule has 1 heterocycles. The molecule has 2 atom stereocenters. The van der Waals surface area contributed by atoms with Gasteiger partial charge in [0.2, 0.25) is 0 Å². The maximum atomic E-state index is 3.75. The third kappa shape index (κ3) is 5.83. The molecule has 2 aliphatic rings. The van der Waals surface area contributed by atoms with Crippen LogP contribution < -0.4 is 10.6 Å². The second-order valence-electron chi connectivity index (χ2n) is 7.15. The van der Waals surface area contributed by atoms with Gasteiger partial charge in [0.15, 0.2) is 0 Å². The van der Waals surface area contributed by atoms with Gasteiger partial charge < -0.3 is 10.6 Å². The van der Waals surface area contributed by atoms with Crippen LogP contribution >= 0.6 is 0 Å². The van der Waals surface area contributed by atoms with E-state index in [0.717, 1.165) is 17.9 Å². The summed E-state index contributed by atoms with van der Waals surface area (Å²) in [5.41, 5.74) is 0. The van der Waals surface area contributed by atoms with E-state index in [1.54, 1.807) is 0 Å². The molecule has 1 saturated heterocycles. The van der Waals surface area contributed by atoms with Crippen LogP contribution in [0.3, 0.4) is 0 Å². The molecule has 0 radical (unpaired) electrons. The zero-order chi connectivity index (χ0) is 13.5. The normalized spacial score (nSPS) is 34.1. The van der Waals surface area contributed by atoms with Gasteiger partial charge in [-0.25, -0.2) is 0 Å². The summed E-state index contributed by atoms with van der Waals surface area (Å²) in [5.74, 6) is 1.99. The number of nitrogens with one attached hydrogen (secondary N) is 2. The van der Waals surface area contributed by atoms with Crippen LogP contribution in [-0.2, 0) is 0 Å². The Bertz CT molecular complexity index is 227. The van der Waals surface area contributed by atoms with Gasteiger partial charge >= 0.3 is 0 Å². The van der Waals surface area contributed by atoms with Crippen LogP contribution in [0.5, 0.6) is 0 Å². The summed E-state index contributed by atoms with van der Waals surface area (Å²) in [6, 6.07) is 1.45. The van der Waals surface area contributed by atoms with Gasteiger partial charge in [-0.05, 0) is 57.5 Å². The highest BCUT2D eigenvalue weighted by Crippen LogP contribution is 2.29. The molecule has 0 spiro atoms. The maximum absolute atomic E-state index is 3.75. The van der Waals surface area contributed by atoms with Crippen molar-refractivity contribution in [1.82, 2.24) is 10.6 Å². The van der Waals surface area contributed by atoms with Crippen molar-refractivity contribution in [1.29, 1.82) is 0 Å². The van der Waals surface area contributed by atoms with Gasteiger partial charge in [0.1, 0.15) is 0 Å². The first-order chi connectivity index (χ1) is 9.24. The molecular weight excluding hydrogens is 232 g/mol. The van der Waals surface area contributed by atoms with Crippen LogP contribution in [0.2, 0.25) is 0 Å². The van der Waals surface area contributed by atoms with Crippen molar-refractivity contribution in [2.24, 2.45) is 11.8 Å². The van der Waals surface area contributed by atoms with E-state index in [2.05, 4.69) is 24.5 Å². The predicted molar refractivity (Wildman–Crippen MR) is 83.5 cm³/mol. The van der Waals surface area contributed by atoms with E-state index in [-0.39, 0.29) is 0 Å². The molecule has 0 aromatic carbocycles. The summed E-state index contributed by atoms with van der Waals surface area (Å²) in [6.45, 7) is 7.23. The molecule has 0 amide bonds. The van der Waals surface area contributed by atoms with E-state index in [1.807, 2.05) is 0 Å². The molecule has 2 nitrogen and oxygen atoms in total. The molecule has 2 heteroatoms. The highest BCUT2D eigenvalue weighted by atomic mass is 15.0. The number of piperidine rings is 1.